The first-order chi connectivity index (χ1) is 17.6. The normalized spacial score (nSPS) is 10.6. The maximum Gasteiger partial charge on any atom is 0.343 e. The van der Waals surface area contributed by atoms with Gasteiger partial charge in [0.2, 0.25) is 0 Å². The summed E-state index contributed by atoms with van der Waals surface area (Å²) in [5.74, 6) is 0.785. The van der Waals surface area contributed by atoms with Gasteiger partial charge in [-0.25, -0.2) is 10.2 Å². The molecule has 0 fully saturated rings. The SMILES string of the molecule is COc1ccc(C(=O)Oc2ccc(/C=N/NC(=O)COc3ccc(-c4ccccc4)cc3)cc2)cc1. The molecule has 1 amide bonds. The molecule has 0 bridgehead atoms. The Morgan fingerprint density at radius 1 is 0.750 bits per heavy atom. The average molecular weight is 481 g/mol. The largest absolute Gasteiger partial charge is 0.497 e. The number of ether oxygens (including phenoxy) is 3. The van der Waals surface area contributed by atoms with Crippen LogP contribution in [0.15, 0.2) is 108 Å². The highest BCUT2D eigenvalue weighted by atomic mass is 16.5. The highest BCUT2D eigenvalue weighted by molar-refractivity contribution is 5.91. The van der Waals surface area contributed by atoms with Crippen LogP contribution in [0.4, 0.5) is 0 Å². The molecule has 7 nitrogen and oxygen atoms in total. The van der Waals surface area contributed by atoms with Crippen LogP contribution < -0.4 is 19.6 Å². The number of methoxy groups -OCH3 is 1. The van der Waals surface area contributed by atoms with E-state index >= 15 is 0 Å². The third kappa shape index (κ3) is 6.80. The van der Waals surface area contributed by atoms with Crippen molar-refractivity contribution in [3.8, 4) is 28.4 Å². The molecule has 0 spiro atoms. The van der Waals surface area contributed by atoms with Crippen molar-refractivity contribution in [2.24, 2.45) is 5.10 Å². The number of amides is 1. The summed E-state index contributed by atoms with van der Waals surface area (Å²) in [6, 6.07) is 30.9. The minimum absolute atomic E-state index is 0.164. The molecule has 180 valence electrons. The van der Waals surface area contributed by atoms with Gasteiger partial charge in [-0.3, -0.25) is 4.79 Å². The molecular formula is C29H24N2O5. The minimum Gasteiger partial charge on any atom is -0.497 e. The van der Waals surface area contributed by atoms with Crippen molar-refractivity contribution in [2.45, 2.75) is 0 Å². The first-order valence-corrected chi connectivity index (χ1v) is 11.2. The van der Waals surface area contributed by atoms with Crippen molar-refractivity contribution in [1.82, 2.24) is 5.43 Å². The summed E-state index contributed by atoms with van der Waals surface area (Å²) in [5.41, 5.74) is 5.74. The van der Waals surface area contributed by atoms with E-state index in [1.807, 2.05) is 54.6 Å². The van der Waals surface area contributed by atoms with Gasteiger partial charge in [0.15, 0.2) is 6.61 Å². The molecule has 36 heavy (non-hydrogen) atoms. The van der Waals surface area contributed by atoms with Gasteiger partial charge < -0.3 is 14.2 Å². The third-order valence-corrected chi connectivity index (χ3v) is 5.15. The number of carbonyl (C=O) groups is 2. The first kappa shape index (κ1) is 24.2. The lowest BCUT2D eigenvalue weighted by atomic mass is 10.1. The molecule has 0 radical (unpaired) electrons. The predicted octanol–water partition coefficient (Wildman–Crippen LogP) is 5.11. The number of nitrogens with zero attached hydrogens (tertiary/aromatic N) is 1. The molecular weight excluding hydrogens is 456 g/mol. The van der Waals surface area contributed by atoms with Gasteiger partial charge in [-0.2, -0.15) is 5.10 Å². The zero-order chi connectivity index (χ0) is 25.2. The summed E-state index contributed by atoms with van der Waals surface area (Å²) < 4.78 is 16.0. The second kappa shape index (κ2) is 12.0. The Morgan fingerprint density at radius 3 is 2.03 bits per heavy atom. The summed E-state index contributed by atoms with van der Waals surface area (Å²) >= 11 is 0. The summed E-state index contributed by atoms with van der Waals surface area (Å²) in [7, 11) is 1.56. The standard InChI is InChI=1S/C29H24N2O5/c1-34-25-15-11-24(12-16-25)29(33)36-27-13-7-21(8-14-27)19-30-31-28(32)20-35-26-17-9-23(10-18-26)22-5-3-2-4-6-22/h2-19H,20H2,1H3,(H,31,32)/b30-19+. The molecule has 0 unspecified atom stereocenters. The van der Waals surface area contributed by atoms with Crippen LogP contribution in [0.25, 0.3) is 11.1 Å². The fourth-order valence-corrected chi connectivity index (χ4v) is 3.25. The number of nitrogens with one attached hydrogen (secondary N) is 1. The second-order valence-electron chi connectivity index (χ2n) is 7.66. The number of hydrazone groups is 1. The van der Waals surface area contributed by atoms with Crippen molar-refractivity contribution >= 4 is 18.1 Å². The van der Waals surface area contributed by atoms with Crippen LogP contribution in [0.3, 0.4) is 0 Å². The van der Waals surface area contributed by atoms with E-state index in [9.17, 15) is 9.59 Å². The van der Waals surface area contributed by atoms with E-state index in [2.05, 4.69) is 10.5 Å². The van der Waals surface area contributed by atoms with Crippen LogP contribution in [0.2, 0.25) is 0 Å². The fourth-order valence-electron chi connectivity index (χ4n) is 3.25. The number of hydrogen-bond acceptors (Lipinski definition) is 6. The van der Waals surface area contributed by atoms with E-state index in [1.54, 1.807) is 55.6 Å². The van der Waals surface area contributed by atoms with Crippen molar-refractivity contribution in [1.29, 1.82) is 0 Å². The Kier molecular flexibility index (Phi) is 8.07. The van der Waals surface area contributed by atoms with E-state index in [0.717, 1.165) is 16.7 Å². The molecule has 0 aliphatic carbocycles. The van der Waals surface area contributed by atoms with Crippen molar-refractivity contribution in [3.63, 3.8) is 0 Å². The zero-order valence-corrected chi connectivity index (χ0v) is 19.6. The van der Waals surface area contributed by atoms with Gasteiger partial charge in [0, 0.05) is 0 Å². The summed E-state index contributed by atoms with van der Waals surface area (Å²) in [6.45, 7) is -0.164. The summed E-state index contributed by atoms with van der Waals surface area (Å²) in [4.78, 5) is 24.3. The smallest absolute Gasteiger partial charge is 0.343 e. The molecule has 0 aliphatic heterocycles. The zero-order valence-electron chi connectivity index (χ0n) is 19.6. The summed E-state index contributed by atoms with van der Waals surface area (Å²) in [5, 5.41) is 3.94. The van der Waals surface area contributed by atoms with Gasteiger partial charge >= 0.3 is 5.97 Å². The Hall–Kier alpha value is -4.91. The number of hydrogen-bond donors (Lipinski definition) is 1. The maximum absolute atomic E-state index is 12.2. The number of rotatable bonds is 9. The fraction of sp³-hybridized carbons (Fsp3) is 0.0690. The van der Waals surface area contributed by atoms with E-state index < -0.39 is 5.97 Å². The monoisotopic (exact) mass is 480 g/mol. The molecule has 0 aliphatic rings. The van der Waals surface area contributed by atoms with Crippen LogP contribution in [0.1, 0.15) is 15.9 Å². The number of benzene rings is 4. The second-order valence-corrected chi connectivity index (χ2v) is 7.66. The highest BCUT2D eigenvalue weighted by Gasteiger charge is 2.09. The molecule has 7 heteroatoms. The Labute approximate surface area is 209 Å². The van der Waals surface area contributed by atoms with Crippen LogP contribution in [0, 0.1) is 0 Å². The van der Waals surface area contributed by atoms with Crippen LogP contribution in [-0.4, -0.2) is 31.8 Å². The minimum atomic E-state index is -0.471. The van der Waals surface area contributed by atoms with Crippen molar-refractivity contribution in [3.05, 3.63) is 114 Å². The number of esters is 1. The molecule has 1 N–H and O–H groups in total. The molecule has 4 aromatic rings. The third-order valence-electron chi connectivity index (χ3n) is 5.15. The maximum atomic E-state index is 12.2. The van der Waals surface area contributed by atoms with Gasteiger partial charge in [0.25, 0.3) is 5.91 Å². The van der Waals surface area contributed by atoms with Gasteiger partial charge in [-0.15, -0.1) is 0 Å². The summed E-state index contributed by atoms with van der Waals surface area (Å²) in [6.07, 6.45) is 1.49. The topological polar surface area (TPSA) is 86.2 Å². The molecule has 0 aromatic heterocycles. The molecule has 0 saturated heterocycles. The highest BCUT2D eigenvalue weighted by Crippen LogP contribution is 2.22. The van der Waals surface area contributed by atoms with Crippen molar-refractivity contribution < 1.29 is 23.8 Å². The molecule has 4 aromatic carbocycles. The Morgan fingerprint density at radius 2 is 1.36 bits per heavy atom. The lowest BCUT2D eigenvalue weighted by Gasteiger charge is -2.07. The lowest BCUT2D eigenvalue weighted by molar-refractivity contribution is -0.123. The van der Waals surface area contributed by atoms with Crippen LogP contribution in [-0.2, 0) is 4.79 Å². The lowest BCUT2D eigenvalue weighted by Crippen LogP contribution is -2.24. The number of carbonyl (C=O) groups excluding carboxylic acids is 2. The molecule has 0 saturated carbocycles. The van der Waals surface area contributed by atoms with Gasteiger partial charge in [-0.1, -0.05) is 42.5 Å². The van der Waals surface area contributed by atoms with E-state index in [4.69, 9.17) is 14.2 Å². The first-order valence-electron chi connectivity index (χ1n) is 11.2. The van der Waals surface area contributed by atoms with E-state index in [0.29, 0.717) is 22.8 Å². The van der Waals surface area contributed by atoms with Crippen molar-refractivity contribution in [2.75, 3.05) is 13.7 Å². The molecule has 0 heterocycles. The molecule has 4 rings (SSSR count). The van der Waals surface area contributed by atoms with E-state index in [-0.39, 0.29) is 12.5 Å². The predicted molar refractivity (Wildman–Crippen MR) is 138 cm³/mol. The van der Waals surface area contributed by atoms with Gasteiger partial charge in [-0.05, 0) is 77.4 Å². The van der Waals surface area contributed by atoms with Crippen LogP contribution >= 0.6 is 0 Å². The quantitative estimate of drug-likeness (QED) is 0.156. The average Bonchev–Trinajstić information content (AvgIpc) is 2.93. The van der Waals surface area contributed by atoms with E-state index in [1.165, 1.54) is 6.21 Å². The molecule has 0 atom stereocenters. The van der Waals surface area contributed by atoms with Crippen LogP contribution in [0.5, 0.6) is 17.2 Å². The Balaban J connectivity index is 1.21. The van der Waals surface area contributed by atoms with Gasteiger partial charge in [0.1, 0.15) is 17.2 Å². The van der Waals surface area contributed by atoms with Gasteiger partial charge in [0.05, 0.1) is 18.9 Å². The Bertz CT molecular complexity index is 1320.